The molecular formula is C10H18N2. The summed E-state index contributed by atoms with van der Waals surface area (Å²) in [5.41, 5.74) is 1.23. The molecule has 1 aromatic rings. The van der Waals surface area contributed by atoms with Crippen molar-refractivity contribution in [2.45, 2.75) is 33.6 Å². The maximum Gasteiger partial charge on any atom is 0.108 e. The molecule has 12 heavy (non-hydrogen) atoms. The fourth-order valence-corrected chi connectivity index (χ4v) is 1.42. The molecule has 1 heterocycles. The molecule has 0 spiro atoms. The summed E-state index contributed by atoms with van der Waals surface area (Å²) in [6, 6.07) is 0. The average molecular weight is 166 g/mol. The number of hydrogen-bond donors (Lipinski definition) is 0. The van der Waals surface area contributed by atoms with Crippen LogP contribution < -0.4 is 0 Å². The second kappa shape index (κ2) is 3.74. The van der Waals surface area contributed by atoms with Gasteiger partial charge in [0.15, 0.2) is 0 Å². The van der Waals surface area contributed by atoms with Gasteiger partial charge in [0, 0.05) is 19.7 Å². The highest BCUT2D eigenvalue weighted by molar-refractivity contribution is 5.04. The number of aryl methyl sites for hydroxylation is 2. The van der Waals surface area contributed by atoms with E-state index in [1.165, 1.54) is 11.5 Å². The molecule has 0 saturated heterocycles. The van der Waals surface area contributed by atoms with Crippen LogP contribution in [0.15, 0.2) is 6.20 Å². The summed E-state index contributed by atoms with van der Waals surface area (Å²) >= 11 is 0. The van der Waals surface area contributed by atoms with E-state index in [9.17, 15) is 0 Å². The Hall–Kier alpha value is -0.790. The summed E-state index contributed by atoms with van der Waals surface area (Å²) in [6.07, 6.45) is 4.25. The summed E-state index contributed by atoms with van der Waals surface area (Å²) < 4.78 is 2.12. The van der Waals surface area contributed by atoms with Crippen molar-refractivity contribution in [3.8, 4) is 0 Å². The van der Waals surface area contributed by atoms with Gasteiger partial charge in [-0.1, -0.05) is 20.8 Å². The van der Waals surface area contributed by atoms with Crippen molar-refractivity contribution in [3.05, 3.63) is 17.7 Å². The molecule has 0 aromatic carbocycles. The van der Waals surface area contributed by atoms with Gasteiger partial charge in [0.05, 0.1) is 5.69 Å². The monoisotopic (exact) mass is 166 g/mol. The van der Waals surface area contributed by atoms with Crippen LogP contribution in [-0.2, 0) is 19.9 Å². The lowest BCUT2D eigenvalue weighted by molar-refractivity contribution is 0.636. The Morgan fingerprint density at radius 1 is 1.50 bits per heavy atom. The van der Waals surface area contributed by atoms with Crippen molar-refractivity contribution < 1.29 is 0 Å². The Labute approximate surface area is 74.6 Å². The van der Waals surface area contributed by atoms with Crippen molar-refractivity contribution >= 4 is 0 Å². The molecule has 0 radical (unpaired) electrons. The third-order valence-electron chi connectivity index (χ3n) is 1.96. The van der Waals surface area contributed by atoms with Crippen LogP contribution in [0.5, 0.6) is 0 Å². The zero-order valence-corrected chi connectivity index (χ0v) is 8.46. The molecule has 0 saturated carbocycles. The molecule has 1 aromatic heterocycles. The van der Waals surface area contributed by atoms with Crippen LogP contribution in [0.25, 0.3) is 0 Å². The van der Waals surface area contributed by atoms with Crippen molar-refractivity contribution in [2.24, 2.45) is 13.0 Å². The lowest BCUT2D eigenvalue weighted by atomic mass is 10.1. The van der Waals surface area contributed by atoms with Crippen LogP contribution in [0, 0.1) is 5.92 Å². The molecule has 2 nitrogen and oxygen atoms in total. The lowest BCUT2D eigenvalue weighted by Gasteiger charge is -1.98. The van der Waals surface area contributed by atoms with Crippen LogP contribution in [0.1, 0.15) is 32.3 Å². The van der Waals surface area contributed by atoms with Gasteiger partial charge in [-0.15, -0.1) is 0 Å². The minimum atomic E-state index is 0.699. The van der Waals surface area contributed by atoms with E-state index in [0.717, 1.165) is 12.8 Å². The average Bonchev–Trinajstić information content (AvgIpc) is 2.29. The van der Waals surface area contributed by atoms with E-state index in [1.54, 1.807) is 0 Å². The molecule has 1 rings (SSSR count). The normalized spacial score (nSPS) is 11.1. The smallest absolute Gasteiger partial charge is 0.108 e. The molecule has 0 aliphatic carbocycles. The molecule has 0 unspecified atom stereocenters. The van der Waals surface area contributed by atoms with Gasteiger partial charge in [0.25, 0.3) is 0 Å². The summed E-state index contributed by atoms with van der Waals surface area (Å²) in [5.74, 6) is 1.88. The lowest BCUT2D eigenvalue weighted by Crippen LogP contribution is -1.94. The summed E-state index contributed by atoms with van der Waals surface area (Å²) in [4.78, 5) is 4.53. The molecular weight excluding hydrogens is 148 g/mol. The minimum absolute atomic E-state index is 0.699. The zero-order chi connectivity index (χ0) is 9.14. The van der Waals surface area contributed by atoms with Crippen molar-refractivity contribution in [2.75, 3.05) is 0 Å². The van der Waals surface area contributed by atoms with E-state index in [0.29, 0.717) is 5.92 Å². The zero-order valence-electron chi connectivity index (χ0n) is 8.46. The quantitative estimate of drug-likeness (QED) is 0.673. The Morgan fingerprint density at radius 2 is 2.17 bits per heavy atom. The first kappa shape index (κ1) is 9.30. The number of hydrogen-bond acceptors (Lipinski definition) is 1. The summed E-state index contributed by atoms with van der Waals surface area (Å²) in [5, 5.41) is 0. The van der Waals surface area contributed by atoms with Crippen LogP contribution >= 0.6 is 0 Å². The highest BCUT2D eigenvalue weighted by Gasteiger charge is 2.04. The largest absolute Gasteiger partial charge is 0.338 e. The topological polar surface area (TPSA) is 17.8 Å². The summed E-state index contributed by atoms with van der Waals surface area (Å²) in [6.45, 7) is 6.59. The van der Waals surface area contributed by atoms with E-state index in [2.05, 4.69) is 43.6 Å². The predicted molar refractivity (Wildman–Crippen MR) is 51.1 cm³/mol. The fraction of sp³-hybridized carbons (Fsp3) is 0.700. The predicted octanol–water partition coefficient (Wildman–Crippen LogP) is 2.18. The Kier molecular flexibility index (Phi) is 2.90. The van der Waals surface area contributed by atoms with Gasteiger partial charge in [-0.2, -0.15) is 0 Å². The summed E-state index contributed by atoms with van der Waals surface area (Å²) in [7, 11) is 2.07. The third-order valence-corrected chi connectivity index (χ3v) is 1.96. The maximum atomic E-state index is 4.53. The minimum Gasteiger partial charge on any atom is -0.338 e. The van der Waals surface area contributed by atoms with Gasteiger partial charge >= 0.3 is 0 Å². The van der Waals surface area contributed by atoms with Gasteiger partial charge < -0.3 is 4.57 Å². The molecule has 0 bridgehead atoms. The third kappa shape index (κ3) is 2.10. The van der Waals surface area contributed by atoms with Crippen molar-refractivity contribution in [1.29, 1.82) is 0 Å². The molecule has 2 heteroatoms. The highest BCUT2D eigenvalue weighted by atomic mass is 15.0. The van der Waals surface area contributed by atoms with Crippen LogP contribution in [0.3, 0.4) is 0 Å². The van der Waals surface area contributed by atoms with Gasteiger partial charge in [-0.05, 0) is 12.3 Å². The molecule has 0 aliphatic heterocycles. The van der Waals surface area contributed by atoms with Crippen LogP contribution in [0.2, 0.25) is 0 Å². The molecule has 0 amide bonds. The fourth-order valence-electron chi connectivity index (χ4n) is 1.42. The maximum absolute atomic E-state index is 4.53. The SMILES string of the molecule is CCc1nc(CC(C)C)cn1C. The molecule has 0 atom stereocenters. The Morgan fingerprint density at radius 3 is 2.58 bits per heavy atom. The molecule has 0 N–H and O–H groups in total. The molecule has 0 fully saturated rings. The van der Waals surface area contributed by atoms with E-state index in [4.69, 9.17) is 0 Å². The van der Waals surface area contributed by atoms with Crippen LogP contribution in [-0.4, -0.2) is 9.55 Å². The standard InChI is InChI=1S/C10H18N2/c1-5-10-11-9(6-8(2)3)7-12(10)4/h7-8H,5-6H2,1-4H3. The first-order valence-electron chi connectivity index (χ1n) is 4.64. The first-order chi connectivity index (χ1) is 5.63. The van der Waals surface area contributed by atoms with E-state index < -0.39 is 0 Å². The first-order valence-corrected chi connectivity index (χ1v) is 4.64. The van der Waals surface area contributed by atoms with E-state index >= 15 is 0 Å². The molecule has 68 valence electrons. The van der Waals surface area contributed by atoms with Gasteiger partial charge in [-0.3, -0.25) is 0 Å². The number of rotatable bonds is 3. The molecule has 0 aliphatic rings. The number of imidazole rings is 1. The van der Waals surface area contributed by atoms with Crippen molar-refractivity contribution in [3.63, 3.8) is 0 Å². The second-order valence-corrected chi connectivity index (χ2v) is 3.71. The second-order valence-electron chi connectivity index (χ2n) is 3.71. The number of nitrogens with zero attached hydrogens (tertiary/aromatic N) is 2. The van der Waals surface area contributed by atoms with Crippen molar-refractivity contribution in [1.82, 2.24) is 9.55 Å². The van der Waals surface area contributed by atoms with E-state index in [1.807, 2.05) is 0 Å². The van der Waals surface area contributed by atoms with Crippen LogP contribution in [0.4, 0.5) is 0 Å². The Balaban J connectivity index is 2.75. The number of aromatic nitrogens is 2. The highest BCUT2D eigenvalue weighted by Crippen LogP contribution is 2.07. The Bertz CT molecular complexity index is 248. The van der Waals surface area contributed by atoms with Gasteiger partial charge in [-0.25, -0.2) is 4.98 Å². The van der Waals surface area contributed by atoms with E-state index in [-0.39, 0.29) is 0 Å². The van der Waals surface area contributed by atoms with Gasteiger partial charge in [0.2, 0.25) is 0 Å². The van der Waals surface area contributed by atoms with Gasteiger partial charge in [0.1, 0.15) is 5.82 Å².